The van der Waals surface area contributed by atoms with E-state index in [0.717, 1.165) is 16.3 Å². The summed E-state index contributed by atoms with van der Waals surface area (Å²) < 4.78 is 28.1. The van der Waals surface area contributed by atoms with Gasteiger partial charge in [-0.3, -0.25) is 9.52 Å². The lowest BCUT2D eigenvalue weighted by Gasteiger charge is -2.12. The van der Waals surface area contributed by atoms with Crippen molar-refractivity contribution in [1.82, 2.24) is 0 Å². The summed E-state index contributed by atoms with van der Waals surface area (Å²) in [5, 5.41) is 4.90. The van der Waals surface area contributed by atoms with Crippen molar-refractivity contribution >= 4 is 38.0 Å². The van der Waals surface area contributed by atoms with Crippen LogP contribution in [0.3, 0.4) is 0 Å². The van der Waals surface area contributed by atoms with Crippen molar-refractivity contribution in [1.29, 1.82) is 0 Å². The van der Waals surface area contributed by atoms with Gasteiger partial charge in [-0.2, -0.15) is 0 Å². The Labute approximate surface area is 187 Å². The minimum atomic E-state index is -3.74. The summed E-state index contributed by atoms with van der Waals surface area (Å²) in [6, 6.07) is 26.9. The van der Waals surface area contributed by atoms with Gasteiger partial charge in [-0.15, -0.1) is 0 Å². The third-order valence-electron chi connectivity index (χ3n) is 5.03. The van der Waals surface area contributed by atoms with Crippen LogP contribution in [0, 0.1) is 6.92 Å². The molecule has 0 unspecified atom stereocenters. The summed E-state index contributed by atoms with van der Waals surface area (Å²) in [6.45, 7) is 1.90. The minimum Gasteiger partial charge on any atom is -0.360 e. The highest BCUT2D eigenvalue weighted by atomic mass is 32.2. The third kappa shape index (κ3) is 4.71. The van der Waals surface area contributed by atoms with E-state index in [9.17, 15) is 13.2 Å². The minimum absolute atomic E-state index is 0.146. The van der Waals surface area contributed by atoms with Gasteiger partial charge in [-0.05, 0) is 42.0 Å². The fraction of sp³-hybridized carbons (Fsp3) is 0.0385. The molecule has 4 aromatic rings. The lowest BCUT2D eigenvalue weighted by atomic mass is 10.0. The molecule has 0 aliphatic heterocycles. The standard InChI is InChI=1S/C26H22N2O3S/c1-19-13-15-21(16-14-19)32(30,31)28-25-12-5-4-11-24(25)27-18-17-26(29)23-10-6-8-20-7-2-3-9-22(20)23/h2-18,27-28H,1H3. The van der Waals surface area contributed by atoms with Gasteiger partial charge in [0, 0.05) is 17.8 Å². The van der Waals surface area contributed by atoms with Crippen molar-refractivity contribution in [3.63, 3.8) is 0 Å². The Morgan fingerprint density at radius 1 is 0.781 bits per heavy atom. The number of benzene rings is 4. The first kappa shape index (κ1) is 21.3. The fourth-order valence-electron chi connectivity index (χ4n) is 3.36. The second-order valence-electron chi connectivity index (χ2n) is 7.33. The summed E-state index contributed by atoms with van der Waals surface area (Å²) in [6.07, 6.45) is 2.95. The zero-order chi connectivity index (χ0) is 22.6. The number of carbonyl (C=O) groups is 1. The number of fused-ring (bicyclic) bond motifs is 1. The first-order valence-corrected chi connectivity index (χ1v) is 11.6. The molecule has 0 radical (unpaired) electrons. The molecule has 32 heavy (non-hydrogen) atoms. The summed E-state index contributed by atoms with van der Waals surface area (Å²) in [5.41, 5.74) is 2.50. The van der Waals surface area contributed by atoms with E-state index in [0.29, 0.717) is 16.9 Å². The molecule has 0 aliphatic carbocycles. The summed E-state index contributed by atoms with van der Waals surface area (Å²) >= 11 is 0. The molecule has 0 spiro atoms. The molecule has 0 saturated heterocycles. The maximum Gasteiger partial charge on any atom is 0.261 e. The van der Waals surface area contributed by atoms with Crippen molar-refractivity contribution in [2.45, 2.75) is 11.8 Å². The largest absolute Gasteiger partial charge is 0.360 e. The van der Waals surface area contributed by atoms with Crippen LogP contribution < -0.4 is 10.0 Å². The average molecular weight is 443 g/mol. The van der Waals surface area contributed by atoms with Crippen LogP contribution in [0.4, 0.5) is 11.4 Å². The normalized spacial score (nSPS) is 11.5. The topological polar surface area (TPSA) is 75.3 Å². The zero-order valence-corrected chi connectivity index (χ0v) is 18.3. The molecule has 2 N–H and O–H groups in total. The van der Waals surface area contributed by atoms with Gasteiger partial charge in [0.2, 0.25) is 0 Å². The van der Waals surface area contributed by atoms with Crippen LogP contribution in [-0.4, -0.2) is 14.2 Å². The highest BCUT2D eigenvalue weighted by Gasteiger charge is 2.15. The molecule has 160 valence electrons. The van der Waals surface area contributed by atoms with Crippen molar-refractivity contribution in [3.05, 3.63) is 114 Å². The van der Waals surface area contributed by atoms with E-state index in [1.165, 1.54) is 12.3 Å². The van der Waals surface area contributed by atoms with Gasteiger partial charge in [0.25, 0.3) is 10.0 Å². The van der Waals surface area contributed by atoms with Crippen molar-refractivity contribution < 1.29 is 13.2 Å². The van der Waals surface area contributed by atoms with Crippen LogP contribution in [0.15, 0.2) is 108 Å². The quantitative estimate of drug-likeness (QED) is 0.282. The van der Waals surface area contributed by atoms with E-state index < -0.39 is 10.0 Å². The maximum atomic E-state index is 12.7. The van der Waals surface area contributed by atoms with E-state index in [1.807, 2.05) is 43.3 Å². The number of anilines is 2. The smallest absolute Gasteiger partial charge is 0.261 e. The second-order valence-corrected chi connectivity index (χ2v) is 9.02. The predicted molar refractivity (Wildman–Crippen MR) is 129 cm³/mol. The van der Waals surface area contributed by atoms with Crippen molar-refractivity contribution in [2.24, 2.45) is 0 Å². The number of hydrogen-bond acceptors (Lipinski definition) is 4. The number of ketones is 1. The molecule has 6 heteroatoms. The van der Waals surface area contributed by atoms with E-state index in [2.05, 4.69) is 10.0 Å². The van der Waals surface area contributed by atoms with Gasteiger partial charge in [0.15, 0.2) is 5.78 Å². The monoisotopic (exact) mass is 442 g/mol. The molecule has 0 saturated carbocycles. The van der Waals surface area contributed by atoms with E-state index >= 15 is 0 Å². The van der Waals surface area contributed by atoms with Gasteiger partial charge in [0.1, 0.15) is 0 Å². The number of aryl methyl sites for hydroxylation is 1. The Bertz CT molecular complexity index is 1400. The van der Waals surface area contributed by atoms with Crippen LogP contribution in [0.1, 0.15) is 15.9 Å². The highest BCUT2D eigenvalue weighted by molar-refractivity contribution is 7.92. The molecule has 0 aromatic heterocycles. The zero-order valence-electron chi connectivity index (χ0n) is 17.4. The maximum absolute atomic E-state index is 12.7. The van der Waals surface area contributed by atoms with Gasteiger partial charge >= 0.3 is 0 Å². The Hall–Kier alpha value is -3.90. The molecular weight excluding hydrogens is 420 g/mol. The molecular formula is C26H22N2O3S. The van der Waals surface area contributed by atoms with Crippen LogP contribution in [0.5, 0.6) is 0 Å². The molecule has 4 aromatic carbocycles. The van der Waals surface area contributed by atoms with Crippen LogP contribution >= 0.6 is 0 Å². The number of sulfonamides is 1. The molecule has 5 nitrogen and oxygen atoms in total. The first-order chi connectivity index (χ1) is 15.4. The van der Waals surface area contributed by atoms with E-state index in [4.69, 9.17) is 0 Å². The Balaban J connectivity index is 1.53. The molecule has 0 amide bonds. The Morgan fingerprint density at radius 3 is 2.22 bits per heavy atom. The third-order valence-corrected chi connectivity index (χ3v) is 6.41. The number of allylic oxidation sites excluding steroid dienone is 1. The van der Waals surface area contributed by atoms with Crippen LogP contribution in [0.25, 0.3) is 10.8 Å². The lowest BCUT2D eigenvalue weighted by molar-refractivity contribution is 0.104. The SMILES string of the molecule is Cc1ccc(S(=O)(=O)Nc2ccccc2NC=CC(=O)c2cccc3ccccc23)cc1. The molecule has 0 heterocycles. The molecule has 0 fully saturated rings. The summed E-state index contributed by atoms with van der Waals surface area (Å²) in [4.78, 5) is 12.9. The molecule has 0 aliphatic rings. The Kier molecular flexibility index (Phi) is 6.05. The Morgan fingerprint density at radius 2 is 1.44 bits per heavy atom. The second kappa shape index (κ2) is 9.08. The van der Waals surface area contributed by atoms with Gasteiger partial charge in [0.05, 0.1) is 16.3 Å². The number of carbonyl (C=O) groups excluding carboxylic acids is 1. The molecule has 0 atom stereocenters. The predicted octanol–water partition coefficient (Wildman–Crippen LogP) is 5.76. The average Bonchev–Trinajstić information content (AvgIpc) is 2.80. The summed E-state index contributed by atoms with van der Waals surface area (Å²) in [7, 11) is -3.74. The number of hydrogen-bond donors (Lipinski definition) is 2. The molecule has 0 bridgehead atoms. The number of rotatable bonds is 7. The number of para-hydroxylation sites is 2. The summed E-state index contributed by atoms with van der Waals surface area (Å²) in [5.74, 6) is -0.146. The van der Waals surface area contributed by atoms with Gasteiger partial charge < -0.3 is 5.32 Å². The fourth-order valence-corrected chi connectivity index (χ4v) is 4.44. The van der Waals surface area contributed by atoms with Gasteiger partial charge in [-0.1, -0.05) is 72.3 Å². The first-order valence-electron chi connectivity index (χ1n) is 10.1. The van der Waals surface area contributed by atoms with E-state index in [1.54, 1.807) is 54.6 Å². The van der Waals surface area contributed by atoms with Gasteiger partial charge in [-0.25, -0.2) is 8.42 Å². The van der Waals surface area contributed by atoms with E-state index in [-0.39, 0.29) is 10.7 Å². The van der Waals surface area contributed by atoms with Crippen molar-refractivity contribution in [2.75, 3.05) is 10.0 Å². The lowest BCUT2D eigenvalue weighted by Crippen LogP contribution is -2.14. The van der Waals surface area contributed by atoms with Crippen molar-refractivity contribution in [3.8, 4) is 0 Å². The highest BCUT2D eigenvalue weighted by Crippen LogP contribution is 2.25. The number of nitrogens with one attached hydrogen (secondary N) is 2. The van der Waals surface area contributed by atoms with Crippen LogP contribution in [-0.2, 0) is 10.0 Å². The molecule has 4 rings (SSSR count). The van der Waals surface area contributed by atoms with Crippen LogP contribution in [0.2, 0.25) is 0 Å².